The second kappa shape index (κ2) is 7.79. The van der Waals surface area contributed by atoms with Crippen molar-refractivity contribution in [3.63, 3.8) is 0 Å². The Morgan fingerprint density at radius 1 is 1.20 bits per heavy atom. The number of hydrogen-bond donors (Lipinski definition) is 1. The summed E-state index contributed by atoms with van der Waals surface area (Å²) in [5.41, 5.74) is 0.885. The Morgan fingerprint density at radius 3 is 2.32 bits per heavy atom. The molecule has 0 aromatic heterocycles. The van der Waals surface area contributed by atoms with Crippen molar-refractivity contribution in [3.8, 4) is 0 Å². The van der Waals surface area contributed by atoms with Gasteiger partial charge in [0.25, 0.3) is 10.1 Å². The van der Waals surface area contributed by atoms with Crippen LogP contribution in [0.25, 0.3) is 0 Å². The van der Waals surface area contributed by atoms with E-state index in [4.69, 9.17) is 18.4 Å². The maximum absolute atomic E-state index is 12.5. The van der Waals surface area contributed by atoms with E-state index in [0.29, 0.717) is 0 Å². The number of carbonyl (C=O) groups excluding carboxylic acids is 1. The van der Waals surface area contributed by atoms with Crippen LogP contribution in [-0.2, 0) is 33.3 Å². The number of carbonyl (C=O) groups is 1. The van der Waals surface area contributed by atoms with Crippen molar-refractivity contribution in [2.24, 2.45) is 0 Å². The van der Waals surface area contributed by atoms with Crippen molar-refractivity contribution in [2.75, 3.05) is 7.11 Å². The zero-order valence-electron chi connectivity index (χ0n) is 14.4. The van der Waals surface area contributed by atoms with Crippen LogP contribution in [0.1, 0.15) is 19.4 Å². The van der Waals surface area contributed by atoms with Crippen LogP contribution in [-0.4, -0.2) is 57.3 Å². The molecule has 1 saturated heterocycles. The topological polar surface area (TPSA) is 108 Å². The molecule has 5 atom stereocenters. The van der Waals surface area contributed by atoms with Gasteiger partial charge >= 0.3 is 5.97 Å². The van der Waals surface area contributed by atoms with Gasteiger partial charge in [0, 0.05) is 14.0 Å². The second-order valence-corrected chi connectivity index (χ2v) is 7.41. The quantitative estimate of drug-likeness (QED) is 0.594. The molecule has 0 saturated carbocycles. The molecule has 0 bridgehead atoms. The lowest BCUT2D eigenvalue weighted by atomic mass is 10.00. The van der Waals surface area contributed by atoms with Crippen molar-refractivity contribution in [2.45, 2.75) is 56.4 Å². The minimum atomic E-state index is -4.20. The van der Waals surface area contributed by atoms with Gasteiger partial charge in [0.15, 0.2) is 12.4 Å². The summed E-state index contributed by atoms with van der Waals surface area (Å²) in [5.74, 6) is -0.682. The molecule has 1 aromatic rings. The van der Waals surface area contributed by atoms with Gasteiger partial charge in [-0.25, -0.2) is 0 Å². The predicted molar refractivity (Wildman–Crippen MR) is 86.1 cm³/mol. The Hall–Kier alpha value is -1.52. The van der Waals surface area contributed by atoms with Crippen LogP contribution in [0.3, 0.4) is 0 Å². The average molecular weight is 374 g/mol. The summed E-state index contributed by atoms with van der Waals surface area (Å²) >= 11 is 0. The minimum absolute atomic E-state index is 0.0695. The van der Waals surface area contributed by atoms with Gasteiger partial charge in [-0.2, -0.15) is 8.42 Å². The zero-order chi connectivity index (χ0) is 18.8. The van der Waals surface area contributed by atoms with E-state index < -0.39 is 46.8 Å². The van der Waals surface area contributed by atoms with Crippen molar-refractivity contribution in [1.29, 1.82) is 0 Å². The third-order valence-corrected chi connectivity index (χ3v) is 5.17. The number of methoxy groups -OCH3 is 1. The number of rotatable bonds is 5. The maximum atomic E-state index is 12.5. The van der Waals surface area contributed by atoms with Crippen molar-refractivity contribution in [1.82, 2.24) is 0 Å². The molecule has 140 valence electrons. The van der Waals surface area contributed by atoms with E-state index in [1.54, 1.807) is 12.1 Å². The van der Waals surface area contributed by atoms with Gasteiger partial charge in [0.2, 0.25) is 0 Å². The number of hydrogen-bond acceptors (Lipinski definition) is 8. The maximum Gasteiger partial charge on any atom is 0.303 e. The monoisotopic (exact) mass is 374 g/mol. The smallest absolute Gasteiger partial charge is 0.303 e. The Labute approximate surface area is 146 Å². The second-order valence-electron chi connectivity index (χ2n) is 5.84. The Balaban J connectivity index is 2.33. The largest absolute Gasteiger partial charge is 0.454 e. The van der Waals surface area contributed by atoms with Crippen LogP contribution >= 0.6 is 0 Å². The first-order valence-corrected chi connectivity index (χ1v) is 9.10. The van der Waals surface area contributed by atoms with E-state index in [2.05, 4.69) is 0 Å². The zero-order valence-corrected chi connectivity index (χ0v) is 15.2. The molecule has 1 aromatic carbocycles. The third-order valence-electron chi connectivity index (χ3n) is 3.84. The third kappa shape index (κ3) is 4.56. The standard InChI is InChI=1S/C16H22O8S/c1-9-5-7-12(8-6-9)25(19,20)24-14-13(18)10(2)22-16(21-4)15(14)23-11(3)17/h5-8,10,13-16,18H,1-4H3. The molecule has 0 spiro atoms. The molecule has 5 unspecified atom stereocenters. The van der Waals surface area contributed by atoms with E-state index in [9.17, 15) is 18.3 Å². The van der Waals surface area contributed by atoms with E-state index in [1.165, 1.54) is 26.2 Å². The van der Waals surface area contributed by atoms with E-state index in [-0.39, 0.29) is 4.90 Å². The number of aliphatic hydroxyl groups excluding tert-OH is 1. The van der Waals surface area contributed by atoms with Crippen LogP contribution in [0.2, 0.25) is 0 Å². The van der Waals surface area contributed by atoms with Crippen LogP contribution in [0.15, 0.2) is 29.2 Å². The number of ether oxygens (including phenoxy) is 3. The minimum Gasteiger partial charge on any atom is -0.454 e. The molecule has 9 heteroatoms. The van der Waals surface area contributed by atoms with Crippen molar-refractivity contribution < 1.29 is 36.7 Å². The molecule has 2 rings (SSSR count). The highest BCUT2D eigenvalue weighted by atomic mass is 32.2. The highest BCUT2D eigenvalue weighted by Gasteiger charge is 2.49. The summed E-state index contributed by atoms with van der Waals surface area (Å²) < 4.78 is 45.9. The molecular formula is C16H22O8S. The van der Waals surface area contributed by atoms with Crippen molar-refractivity contribution in [3.05, 3.63) is 29.8 Å². The molecular weight excluding hydrogens is 352 g/mol. The molecule has 0 radical (unpaired) electrons. The summed E-state index contributed by atoms with van der Waals surface area (Å²) in [4.78, 5) is 11.3. The summed E-state index contributed by atoms with van der Waals surface area (Å²) in [6, 6.07) is 6.05. The van der Waals surface area contributed by atoms with Gasteiger partial charge in [0.05, 0.1) is 11.0 Å². The SMILES string of the molecule is COC1OC(C)C(O)C(OS(=O)(=O)c2ccc(C)cc2)C1OC(C)=O. The van der Waals surface area contributed by atoms with Gasteiger partial charge in [-0.05, 0) is 26.0 Å². The van der Waals surface area contributed by atoms with Gasteiger partial charge in [-0.3, -0.25) is 8.98 Å². The highest BCUT2D eigenvalue weighted by molar-refractivity contribution is 7.86. The molecule has 25 heavy (non-hydrogen) atoms. The van der Waals surface area contributed by atoms with Gasteiger partial charge in [-0.1, -0.05) is 17.7 Å². The first-order chi connectivity index (χ1) is 11.7. The van der Waals surface area contributed by atoms with Crippen LogP contribution in [0.4, 0.5) is 0 Å². The number of esters is 1. The number of aryl methyl sites for hydroxylation is 1. The molecule has 1 aliphatic heterocycles. The van der Waals surface area contributed by atoms with Crippen LogP contribution in [0.5, 0.6) is 0 Å². The molecule has 8 nitrogen and oxygen atoms in total. The lowest BCUT2D eigenvalue weighted by molar-refractivity contribution is -0.285. The number of aliphatic hydroxyl groups is 1. The number of benzene rings is 1. The van der Waals surface area contributed by atoms with Crippen LogP contribution < -0.4 is 0 Å². The molecule has 1 fully saturated rings. The van der Waals surface area contributed by atoms with Crippen molar-refractivity contribution >= 4 is 16.1 Å². The Kier molecular flexibility index (Phi) is 6.17. The normalized spacial score (nSPS) is 30.0. The molecule has 0 aliphatic carbocycles. The lowest BCUT2D eigenvalue weighted by Gasteiger charge is -2.41. The predicted octanol–water partition coefficient (Wildman–Crippen LogP) is 0.753. The summed E-state index contributed by atoms with van der Waals surface area (Å²) in [6.07, 6.45) is -5.80. The van der Waals surface area contributed by atoms with E-state index in [1.807, 2.05) is 6.92 Å². The first kappa shape index (κ1) is 19.8. The Bertz CT molecular complexity index is 699. The summed E-state index contributed by atoms with van der Waals surface area (Å²) in [5, 5.41) is 10.3. The van der Waals surface area contributed by atoms with E-state index >= 15 is 0 Å². The van der Waals surface area contributed by atoms with Gasteiger partial charge < -0.3 is 19.3 Å². The molecule has 1 aliphatic rings. The fourth-order valence-corrected chi connectivity index (χ4v) is 3.60. The fraction of sp³-hybridized carbons (Fsp3) is 0.562. The molecule has 1 N–H and O–H groups in total. The van der Waals surface area contributed by atoms with E-state index in [0.717, 1.165) is 12.5 Å². The summed E-state index contributed by atoms with van der Waals surface area (Å²) in [6.45, 7) is 4.51. The first-order valence-electron chi connectivity index (χ1n) is 7.69. The Morgan fingerprint density at radius 2 is 1.80 bits per heavy atom. The molecule has 1 heterocycles. The lowest BCUT2D eigenvalue weighted by Crippen LogP contribution is -2.59. The average Bonchev–Trinajstić information content (AvgIpc) is 2.54. The van der Waals surface area contributed by atoms with Gasteiger partial charge in [0.1, 0.15) is 12.2 Å². The van der Waals surface area contributed by atoms with Crippen LogP contribution in [0, 0.1) is 6.92 Å². The fourth-order valence-electron chi connectivity index (χ4n) is 2.51. The summed E-state index contributed by atoms with van der Waals surface area (Å²) in [7, 11) is -2.88. The van der Waals surface area contributed by atoms with Gasteiger partial charge in [-0.15, -0.1) is 0 Å². The molecule has 0 amide bonds. The highest BCUT2D eigenvalue weighted by Crippen LogP contribution is 2.29.